The maximum atomic E-state index is 12.6. The molecule has 1 unspecified atom stereocenters. The molecule has 0 radical (unpaired) electrons. The number of aromatic nitrogens is 1. The van der Waals surface area contributed by atoms with Crippen molar-refractivity contribution in [2.45, 2.75) is 26.2 Å². The van der Waals surface area contributed by atoms with E-state index in [2.05, 4.69) is 17.2 Å². The standard InChI is InChI=1S/C23H24ClN3O2/c1-2-15-3-6-19(7-4-15)27-14-17(11-22(27)28)23(29)25-10-9-16-13-26-21-8-5-18(24)12-20(16)21/h3-8,12-13,17,26H,2,9-11,14H2,1H3,(H,25,29). The van der Waals surface area contributed by atoms with E-state index in [1.54, 1.807) is 4.90 Å². The van der Waals surface area contributed by atoms with Crippen LogP contribution in [0.4, 0.5) is 5.69 Å². The zero-order valence-corrected chi connectivity index (χ0v) is 17.1. The molecule has 1 aromatic heterocycles. The van der Waals surface area contributed by atoms with Crippen LogP contribution in [0.3, 0.4) is 0 Å². The molecule has 0 aliphatic carbocycles. The molecule has 2 N–H and O–H groups in total. The Bertz CT molecular complexity index is 1040. The molecular weight excluding hydrogens is 386 g/mol. The summed E-state index contributed by atoms with van der Waals surface area (Å²) in [4.78, 5) is 29.9. The lowest BCUT2D eigenvalue weighted by Crippen LogP contribution is -2.34. The van der Waals surface area contributed by atoms with Gasteiger partial charge >= 0.3 is 0 Å². The number of nitrogens with one attached hydrogen (secondary N) is 2. The monoisotopic (exact) mass is 409 g/mol. The zero-order valence-electron chi connectivity index (χ0n) is 16.4. The first-order valence-electron chi connectivity index (χ1n) is 9.97. The molecule has 29 heavy (non-hydrogen) atoms. The van der Waals surface area contributed by atoms with Crippen molar-refractivity contribution in [3.63, 3.8) is 0 Å². The van der Waals surface area contributed by atoms with Gasteiger partial charge in [-0.1, -0.05) is 30.7 Å². The zero-order chi connectivity index (χ0) is 20.4. The van der Waals surface area contributed by atoms with Gasteiger partial charge in [-0.2, -0.15) is 0 Å². The number of aromatic amines is 1. The van der Waals surface area contributed by atoms with Crippen molar-refractivity contribution in [1.29, 1.82) is 0 Å². The Labute approximate surface area is 175 Å². The highest BCUT2D eigenvalue weighted by Crippen LogP contribution is 2.26. The Morgan fingerprint density at radius 3 is 2.79 bits per heavy atom. The highest BCUT2D eigenvalue weighted by molar-refractivity contribution is 6.31. The van der Waals surface area contributed by atoms with Gasteiger partial charge in [-0.15, -0.1) is 0 Å². The molecule has 0 saturated carbocycles. The van der Waals surface area contributed by atoms with Gasteiger partial charge in [0.05, 0.1) is 5.92 Å². The second kappa shape index (κ2) is 8.29. The third-order valence-electron chi connectivity index (χ3n) is 5.58. The predicted molar refractivity (Wildman–Crippen MR) is 116 cm³/mol. The Hall–Kier alpha value is -2.79. The summed E-state index contributed by atoms with van der Waals surface area (Å²) in [6.45, 7) is 3.05. The van der Waals surface area contributed by atoms with Crippen LogP contribution in [0.1, 0.15) is 24.5 Å². The van der Waals surface area contributed by atoms with Crippen LogP contribution in [-0.2, 0) is 22.4 Å². The molecule has 2 aromatic carbocycles. The van der Waals surface area contributed by atoms with E-state index in [9.17, 15) is 9.59 Å². The summed E-state index contributed by atoms with van der Waals surface area (Å²) in [5.41, 5.74) is 4.23. The number of nitrogens with zero attached hydrogens (tertiary/aromatic N) is 1. The first kappa shape index (κ1) is 19.5. The molecule has 1 saturated heterocycles. The molecule has 3 aromatic rings. The summed E-state index contributed by atoms with van der Waals surface area (Å²) in [7, 11) is 0. The predicted octanol–water partition coefficient (Wildman–Crippen LogP) is 4.10. The summed E-state index contributed by atoms with van der Waals surface area (Å²) in [5.74, 6) is -0.379. The maximum absolute atomic E-state index is 12.6. The van der Waals surface area contributed by atoms with Crippen molar-refractivity contribution in [2.24, 2.45) is 5.92 Å². The fourth-order valence-electron chi connectivity index (χ4n) is 3.87. The highest BCUT2D eigenvalue weighted by atomic mass is 35.5. The van der Waals surface area contributed by atoms with Crippen LogP contribution in [0.2, 0.25) is 5.02 Å². The minimum absolute atomic E-state index is 0.000619. The smallest absolute Gasteiger partial charge is 0.227 e. The number of halogens is 1. The quantitative estimate of drug-likeness (QED) is 0.643. The molecule has 2 amide bonds. The van der Waals surface area contributed by atoms with Gasteiger partial charge in [0.25, 0.3) is 0 Å². The molecule has 1 aliphatic heterocycles. The van der Waals surface area contributed by atoms with E-state index in [1.807, 2.05) is 48.7 Å². The summed E-state index contributed by atoms with van der Waals surface area (Å²) in [6, 6.07) is 13.7. The molecule has 0 bridgehead atoms. The summed E-state index contributed by atoms with van der Waals surface area (Å²) in [6.07, 6.45) is 3.87. The van der Waals surface area contributed by atoms with Crippen LogP contribution in [-0.4, -0.2) is 29.9 Å². The van der Waals surface area contributed by atoms with Gasteiger partial charge < -0.3 is 15.2 Å². The highest BCUT2D eigenvalue weighted by Gasteiger charge is 2.34. The van der Waals surface area contributed by atoms with Crippen molar-refractivity contribution < 1.29 is 9.59 Å². The Morgan fingerprint density at radius 1 is 1.24 bits per heavy atom. The van der Waals surface area contributed by atoms with Gasteiger partial charge in [-0.05, 0) is 54.3 Å². The van der Waals surface area contributed by atoms with E-state index in [1.165, 1.54) is 5.56 Å². The molecule has 4 rings (SSSR count). The van der Waals surface area contributed by atoms with Crippen LogP contribution in [0.15, 0.2) is 48.7 Å². The lowest BCUT2D eigenvalue weighted by atomic mass is 10.1. The fourth-order valence-corrected chi connectivity index (χ4v) is 4.04. The SMILES string of the molecule is CCc1ccc(N2CC(C(=O)NCCc3c[nH]c4ccc(Cl)cc34)CC2=O)cc1. The van der Waals surface area contributed by atoms with Crippen molar-refractivity contribution in [1.82, 2.24) is 10.3 Å². The molecular formula is C23H24ClN3O2. The summed E-state index contributed by atoms with van der Waals surface area (Å²) < 4.78 is 0. The molecule has 150 valence electrons. The normalized spacial score (nSPS) is 16.6. The van der Waals surface area contributed by atoms with E-state index in [0.29, 0.717) is 24.5 Å². The first-order chi connectivity index (χ1) is 14.0. The molecule has 1 atom stereocenters. The molecule has 5 nitrogen and oxygen atoms in total. The number of carbonyl (C=O) groups is 2. The van der Waals surface area contributed by atoms with Gasteiger partial charge in [-0.3, -0.25) is 9.59 Å². The summed E-state index contributed by atoms with van der Waals surface area (Å²) in [5, 5.41) is 4.76. The van der Waals surface area contributed by atoms with Gasteiger partial charge in [-0.25, -0.2) is 0 Å². The van der Waals surface area contributed by atoms with Crippen LogP contribution >= 0.6 is 11.6 Å². The van der Waals surface area contributed by atoms with Gasteiger partial charge in [0.15, 0.2) is 0 Å². The van der Waals surface area contributed by atoms with Crippen molar-refractivity contribution in [2.75, 3.05) is 18.0 Å². The minimum Gasteiger partial charge on any atom is -0.361 e. The number of anilines is 1. The topological polar surface area (TPSA) is 65.2 Å². The number of amides is 2. The second-order valence-corrected chi connectivity index (χ2v) is 7.91. The number of fused-ring (bicyclic) bond motifs is 1. The Kier molecular flexibility index (Phi) is 5.58. The lowest BCUT2D eigenvalue weighted by molar-refractivity contribution is -0.126. The number of rotatable bonds is 6. The van der Waals surface area contributed by atoms with E-state index in [-0.39, 0.29) is 24.2 Å². The van der Waals surface area contributed by atoms with Crippen LogP contribution in [0, 0.1) is 5.92 Å². The van der Waals surface area contributed by atoms with Gasteiger partial charge in [0, 0.05) is 47.3 Å². The van der Waals surface area contributed by atoms with Crippen molar-refractivity contribution in [3.05, 3.63) is 64.8 Å². The number of benzene rings is 2. The van der Waals surface area contributed by atoms with E-state index < -0.39 is 0 Å². The third kappa shape index (κ3) is 4.15. The second-order valence-electron chi connectivity index (χ2n) is 7.47. The molecule has 1 aliphatic rings. The Balaban J connectivity index is 1.34. The fraction of sp³-hybridized carbons (Fsp3) is 0.304. The van der Waals surface area contributed by atoms with Gasteiger partial charge in [0.2, 0.25) is 11.8 Å². The van der Waals surface area contributed by atoms with Crippen molar-refractivity contribution in [3.8, 4) is 0 Å². The molecule has 0 spiro atoms. The Morgan fingerprint density at radius 2 is 2.03 bits per heavy atom. The maximum Gasteiger partial charge on any atom is 0.227 e. The molecule has 1 fully saturated rings. The number of aryl methyl sites for hydroxylation is 1. The third-order valence-corrected chi connectivity index (χ3v) is 5.81. The summed E-state index contributed by atoms with van der Waals surface area (Å²) >= 11 is 6.09. The number of hydrogen-bond donors (Lipinski definition) is 2. The lowest BCUT2D eigenvalue weighted by Gasteiger charge is -2.17. The minimum atomic E-state index is -0.314. The average Bonchev–Trinajstić information content (AvgIpc) is 3.31. The van der Waals surface area contributed by atoms with Crippen LogP contribution < -0.4 is 10.2 Å². The number of hydrogen-bond acceptors (Lipinski definition) is 2. The van der Waals surface area contributed by atoms with Crippen LogP contribution in [0.25, 0.3) is 10.9 Å². The number of H-pyrrole nitrogens is 1. The first-order valence-corrected chi connectivity index (χ1v) is 10.4. The number of carbonyl (C=O) groups excluding carboxylic acids is 2. The molecule has 6 heteroatoms. The van der Waals surface area contributed by atoms with E-state index in [4.69, 9.17) is 11.6 Å². The molecule has 2 heterocycles. The van der Waals surface area contributed by atoms with E-state index >= 15 is 0 Å². The van der Waals surface area contributed by atoms with Crippen LogP contribution in [0.5, 0.6) is 0 Å². The van der Waals surface area contributed by atoms with Gasteiger partial charge in [0.1, 0.15) is 0 Å². The largest absolute Gasteiger partial charge is 0.361 e. The van der Waals surface area contributed by atoms with E-state index in [0.717, 1.165) is 28.6 Å². The average molecular weight is 410 g/mol. The van der Waals surface area contributed by atoms with Crippen molar-refractivity contribution >= 4 is 40.0 Å².